The predicted molar refractivity (Wildman–Crippen MR) is 107 cm³/mol. The van der Waals surface area contributed by atoms with E-state index in [1.54, 1.807) is 25.7 Å². The van der Waals surface area contributed by atoms with Gasteiger partial charge in [0, 0.05) is 24.4 Å². The average molecular weight is 380 g/mol. The molecule has 0 spiro atoms. The molecule has 4 rings (SSSR count). The molecule has 0 saturated heterocycles. The third kappa shape index (κ3) is 3.82. The van der Waals surface area contributed by atoms with E-state index in [1.807, 2.05) is 29.8 Å². The number of aryl methyl sites for hydroxylation is 1. The van der Waals surface area contributed by atoms with Gasteiger partial charge in [-0.15, -0.1) is 0 Å². The standard InChI is InChI=1S/C20H24N6O2/c1-13-9-15(7-8-21-13)26-17-12-22-19(10-14(17)11-23-26)25-20(27)24-16-5-3-4-6-18(16)28-2/h7-12,16,18H,3-6H2,1-2H3,(H2,22,24,25,27)/t16-,18-/m0/s1. The van der Waals surface area contributed by atoms with Crippen molar-refractivity contribution >= 4 is 22.8 Å². The minimum Gasteiger partial charge on any atom is -0.379 e. The Hall–Kier alpha value is -3.00. The largest absolute Gasteiger partial charge is 0.379 e. The fourth-order valence-electron chi connectivity index (χ4n) is 3.73. The van der Waals surface area contributed by atoms with Crippen molar-refractivity contribution in [2.24, 2.45) is 0 Å². The van der Waals surface area contributed by atoms with Crippen molar-refractivity contribution < 1.29 is 9.53 Å². The monoisotopic (exact) mass is 380 g/mol. The highest BCUT2D eigenvalue weighted by Crippen LogP contribution is 2.22. The molecule has 0 bridgehead atoms. The minimum atomic E-state index is -0.266. The smallest absolute Gasteiger partial charge is 0.320 e. The number of carbonyl (C=O) groups is 1. The first kappa shape index (κ1) is 18.4. The first-order chi connectivity index (χ1) is 13.6. The fraction of sp³-hybridized carbons (Fsp3) is 0.400. The number of nitrogens with zero attached hydrogens (tertiary/aromatic N) is 4. The molecule has 2 atom stereocenters. The highest BCUT2D eigenvalue weighted by Gasteiger charge is 2.26. The molecule has 8 heteroatoms. The van der Waals surface area contributed by atoms with Gasteiger partial charge in [-0.1, -0.05) is 12.8 Å². The SMILES string of the molecule is CO[C@H]1CCCC[C@@H]1NC(=O)Nc1cc2cnn(-c3ccnc(C)c3)c2cn1. The number of anilines is 1. The van der Waals surface area contributed by atoms with Crippen LogP contribution in [0.25, 0.3) is 16.6 Å². The summed E-state index contributed by atoms with van der Waals surface area (Å²) in [4.78, 5) is 21.0. The van der Waals surface area contributed by atoms with Gasteiger partial charge in [0.1, 0.15) is 5.82 Å². The van der Waals surface area contributed by atoms with Crippen molar-refractivity contribution in [3.05, 3.63) is 42.5 Å². The zero-order valence-corrected chi connectivity index (χ0v) is 16.1. The second kappa shape index (κ2) is 7.93. The average Bonchev–Trinajstić information content (AvgIpc) is 3.11. The Labute approximate surface area is 163 Å². The van der Waals surface area contributed by atoms with Crippen LogP contribution in [-0.2, 0) is 4.74 Å². The van der Waals surface area contributed by atoms with E-state index in [-0.39, 0.29) is 18.2 Å². The van der Waals surface area contributed by atoms with Crippen LogP contribution in [0, 0.1) is 6.92 Å². The van der Waals surface area contributed by atoms with E-state index in [2.05, 4.69) is 25.7 Å². The van der Waals surface area contributed by atoms with Gasteiger partial charge in [0.15, 0.2) is 0 Å². The quantitative estimate of drug-likeness (QED) is 0.725. The summed E-state index contributed by atoms with van der Waals surface area (Å²) in [6, 6.07) is 5.44. The molecule has 0 aromatic carbocycles. The third-order valence-electron chi connectivity index (χ3n) is 5.14. The Morgan fingerprint density at radius 1 is 1.21 bits per heavy atom. The summed E-state index contributed by atoms with van der Waals surface area (Å²) in [5.74, 6) is 0.486. The first-order valence-corrected chi connectivity index (χ1v) is 9.51. The van der Waals surface area contributed by atoms with Crippen molar-refractivity contribution in [2.75, 3.05) is 12.4 Å². The summed E-state index contributed by atoms with van der Waals surface area (Å²) >= 11 is 0. The maximum atomic E-state index is 12.4. The number of pyridine rings is 2. The van der Waals surface area contributed by atoms with Crippen molar-refractivity contribution in [1.82, 2.24) is 25.1 Å². The highest BCUT2D eigenvalue weighted by molar-refractivity contribution is 5.91. The predicted octanol–water partition coefficient (Wildman–Crippen LogP) is 3.20. The van der Waals surface area contributed by atoms with Crippen LogP contribution >= 0.6 is 0 Å². The summed E-state index contributed by atoms with van der Waals surface area (Å²) < 4.78 is 7.30. The molecule has 3 aromatic heterocycles. The summed E-state index contributed by atoms with van der Waals surface area (Å²) in [6.45, 7) is 1.94. The molecular formula is C20H24N6O2. The van der Waals surface area contributed by atoms with Crippen LogP contribution in [0.5, 0.6) is 0 Å². The van der Waals surface area contributed by atoms with Gasteiger partial charge in [0.05, 0.1) is 35.7 Å². The summed E-state index contributed by atoms with van der Waals surface area (Å²) in [7, 11) is 1.69. The third-order valence-corrected chi connectivity index (χ3v) is 5.14. The number of methoxy groups -OCH3 is 1. The van der Waals surface area contributed by atoms with Crippen LogP contribution < -0.4 is 10.6 Å². The molecule has 1 aliphatic rings. The Balaban J connectivity index is 1.48. The lowest BCUT2D eigenvalue weighted by atomic mass is 9.92. The van der Waals surface area contributed by atoms with Gasteiger partial charge >= 0.3 is 6.03 Å². The van der Waals surface area contributed by atoms with Gasteiger partial charge in [0.2, 0.25) is 0 Å². The summed E-state index contributed by atoms with van der Waals surface area (Å²) in [5, 5.41) is 11.2. The van der Waals surface area contributed by atoms with Crippen molar-refractivity contribution in [3.8, 4) is 5.69 Å². The normalized spacial score (nSPS) is 19.5. The number of rotatable bonds is 4. The van der Waals surface area contributed by atoms with Crippen LogP contribution in [0.2, 0.25) is 0 Å². The van der Waals surface area contributed by atoms with Gasteiger partial charge < -0.3 is 10.1 Å². The molecule has 0 radical (unpaired) electrons. The number of ether oxygens (including phenoxy) is 1. The van der Waals surface area contributed by atoms with Crippen LogP contribution in [0.1, 0.15) is 31.4 Å². The van der Waals surface area contributed by atoms with E-state index >= 15 is 0 Å². The fourth-order valence-corrected chi connectivity index (χ4v) is 3.73. The Kier molecular flexibility index (Phi) is 5.21. The van der Waals surface area contributed by atoms with Gasteiger partial charge in [-0.25, -0.2) is 14.5 Å². The first-order valence-electron chi connectivity index (χ1n) is 9.51. The lowest BCUT2D eigenvalue weighted by Gasteiger charge is -2.30. The molecule has 28 heavy (non-hydrogen) atoms. The molecule has 0 aliphatic heterocycles. The molecular weight excluding hydrogens is 356 g/mol. The second-order valence-electron chi connectivity index (χ2n) is 7.10. The number of nitrogens with one attached hydrogen (secondary N) is 2. The number of carbonyl (C=O) groups excluding carboxylic acids is 1. The Morgan fingerprint density at radius 2 is 2.07 bits per heavy atom. The van der Waals surface area contributed by atoms with Crippen LogP contribution in [-0.4, -0.2) is 45.0 Å². The van der Waals surface area contributed by atoms with Crippen molar-refractivity contribution in [2.45, 2.75) is 44.8 Å². The number of hydrogen-bond acceptors (Lipinski definition) is 5. The number of aromatic nitrogens is 4. The Bertz CT molecular complexity index is 986. The molecule has 8 nitrogen and oxygen atoms in total. The van der Waals surface area contributed by atoms with Crippen LogP contribution in [0.4, 0.5) is 10.6 Å². The van der Waals surface area contributed by atoms with Gasteiger partial charge in [-0.3, -0.25) is 10.3 Å². The van der Waals surface area contributed by atoms with Gasteiger partial charge in [-0.2, -0.15) is 5.10 Å². The zero-order chi connectivity index (χ0) is 19.5. The minimum absolute atomic E-state index is 0.0279. The number of urea groups is 1. The lowest BCUT2D eigenvalue weighted by Crippen LogP contribution is -2.47. The topological polar surface area (TPSA) is 94.0 Å². The van der Waals surface area contributed by atoms with Gasteiger partial charge in [0.25, 0.3) is 0 Å². The Morgan fingerprint density at radius 3 is 2.89 bits per heavy atom. The molecule has 3 heterocycles. The maximum Gasteiger partial charge on any atom is 0.320 e. The molecule has 1 saturated carbocycles. The second-order valence-corrected chi connectivity index (χ2v) is 7.10. The van der Waals surface area contributed by atoms with Crippen molar-refractivity contribution in [3.63, 3.8) is 0 Å². The zero-order valence-electron chi connectivity index (χ0n) is 16.1. The molecule has 3 aromatic rings. The molecule has 1 aliphatic carbocycles. The van der Waals surface area contributed by atoms with Gasteiger partial charge in [-0.05, 0) is 38.0 Å². The molecule has 146 valence electrons. The van der Waals surface area contributed by atoms with E-state index < -0.39 is 0 Å². The van der Waals surface area contributed by atoms with Crippen LogP contribution in [0.3, 0.4) is 0 Å². The highest BCUT2D eigenvalue weighted by atomic mass is 16.5. The number of hydrogen-bond donors (Lipinski definition) is 2. The van der Waals surface area contributed by atoms with Crippen molar-refractivity contribution in [1.29, 1.82) is 0 Å². The van der Waals surface area contributed by atoms with E-state index in [1.165, 1.54) is 0 Å². The lowest BCUT2D eigenvalue weighted by molar-refractivity contribution is 0.0459. The maximum absolute atomic E-state index is 12.4. The molecule has 0 unspecified atom stereocenters. The molecule has 1 fully saturated rings. The molecule has 2 N–H and O–H groups in total. The van der Waals surface area contributed by atoms with E-state index in [4.69, 9.17) is 4.74 Å². The van der Waals surface area contributed by atoms with E-state index in [0.717, 1.165) is 48.0 Å². The molecule has 2 amide bonds. The van der Waals surface area contributed by atoms with E-state index in [0.29, 0.717) is 5.82 Å². The number of fused-ring (bicyclic) bond motifs is 1. The van der Waals surface area contributed by atoms with Crippen LogP contribution in [0.15, 0.2) is 36.8 Å². The summed E-state index contributed by atoms with van der Waals surface area (Å²) in [5.41, 5.74) is 2.70. The number of amides is 2. The van der Waals surface area contributed by atoms with E-state index in [9.17, 15) is 4.79 Å². The summed E-state index contributed by atoms with van der Waals surface area (Å²) in [6.07, 6.45) is 9.43.